The normalized spacial score (nSPS) is 19.8. The molecular weight excluding hydrogens is 435 g/mol. The van der Waals surface area contributed by atoms with Crippen molar-refractivity contribution in [2.45, 2.75) is 12.8 Å². The van der Waals surface area contributed by atoms with Crippen molar-refractivity contribution in [2.75, 3.05) is 49.1 Å². The Balaban J connectivity index is 1.22. The largest absolute Gasteiger partial charge is 0.368 e. The van der Waals surface area contributed by atoms with Crippen molar-refractivity contribution in [1.29, 1.82) is 0 Å². The van der Waals surface area contributed by atoms with Gasteiger partial charge in [0.25, 0.3) is 0 Å². The summed E-state index contributed by atoms with van der Waals surface area (Å²) in [7, 11) is 0. The maximum atomic E-state index is 14.0. The number of rotatable bonds is 3. The molecule has 0 aliphatic carbocycles. The van der Waals surface area contributed by atoms with E-state index >= 15 is 0 Å². The second-order valence-electron chi connectivity index (χ2n) is 8.16. The van der Waals surface area contributed by atoms with Crippen LogP contribution in [-0.4, -0.2) is 55.1 Å². The van der Waals surface area contributed by atoms with Crippen molar-refractivity contribution in [2.24, 2.45) is 5.92 Å². The summed E-state index contributed by atoms with van der Waals surface area (Å²) in [6.07, 6.45) is 1.84. The van der Waals surface area contributed by atoms with E-state index < -0.39 is 0 Å². The third-order valence-electron chi connectivity index (χ3n) is 6.18. The zero-order chi connectivity index (χ0) is 21.4. The summed E-state index contributed by atoms with van der Waals surface area (Å²) in [6, 6.07) is 12.9. The van der Waals surface area contributed by atoms with Crippen LogP contribution in [0, 0.1) is 11.7 Å². The summed E-state index contributed by atoms with van der Waals surface area (Å²) >= 11 is 7.49. The van der Waals surface area contributed by atoms with Crippen molar-refractivity contribution in [3.8, 4) is 0 Å². The fourth-order valence-corrected chi connectivity index (χ4v) is 5.63. The number of aromatic nitrogens is 1. The number of nitrogens with zero attached hydrogens (tertiary/aromatic N) is 4. The zero-order valence-electron chi connectivity index (χ0n) is 17.1. The lowest BCUT2D eigenvalue weighted by atomic mass is 9.96. The molecule has 1 unspecified atom stereocenters. The smallest absolute Gasteiger partial charge is 0.227 e. The van der Waals surface area contributed by atoms with Gasteiger partial charge in [-0.2, -0.15) is 0 Å². The Hall–Kier alpha value is -2.38. The molecule has 5 rings (SSSR count). The number of piperidine rings is 1. The van der Waals surface area contributed by atoms with Crippen LogP contribution in [0.15, 0.2) is 42.5 Å². The van der Waals surface area contributed by atoms with Crippen LogP contribution < -0.4 is 9.80 Å². The molecule has 1 aromatic heterocycles. The summed E-state index contributed by atoms with van der Waals surface area (Å²) in [4.78, 5) is 24.2. The quantitative estimate of drug-likeness (QED) is 0.572. The average molecular weight is 459 g/mol. The molecule has 2 aliphatic heterocycles. The number of para-hydroxylation sites is 1. The highest BCUT2D eigenvalue weighted by Gasteiger charge is 2.32. The Morgan fingerprint density at radius 2 is 1.81 bits per heavy atom. The number of carbonyl (C=O) groups is 1. The van der Waals surface area contributed by atoms with Crippen molar-refractivity contribution < 1.29 is 9.18 Å². The molecule has 0 saturated carbocycles. The Kier molecular flexibility index (Phi) is 5.71. The number of halogens is 2. The molecule has 1 amide bonds. The number of thiazole rings is 1. The van der Waals surface area contributed by atoms with Crippen molar-refractivity contribution in [3.05, 3.63) is 53.3 Å². The van der Waals surface area contributed by atoms with Crippen LogP contribution in [0.3, 0.4) is 0 Å². The zero-order valence-corrected chi connectivity index (χ0v) is 18.7. The molecule has 2 fully saturated rings. The molecule has 3 heterocycles. The number of benzene rings is 2. The maximum absolute atomic E-state index is 14.0. The van der Waals surface area contributed by atoms with Crippen LogP contribution >= 0.6 is 22.9 Å². The minimum absolute atomic E-state index is 0.0345. The van der Waals surface area contributed by atoms with Gasteiger partial charge in [-0.1, -0.05) is 29.0 Å². The first-order valence-corrected chi connectivity index (χ1v) is 11.9. The number of piperazine rings is 1. The summed E-state index contributed by atoms with van der Waals surface area (Å²) in [5.41, 5.74) is 1.57. The molecule has 0 radical (unpaired) electrons. The molecule has 2 saturated heterocycles. The van der Waals surface area contributed by atoms with Gasteiger partial charge in [0.1, 0.15) is 11.3 Å². The first-order chi connectivity index (χ1) is 15.1. The topological polar surface area (TPSA) is 39.7 Å². The van der Waals surface area contributed by atoms with Gasteiger partial charge in [0, 0.05) is 50.0 Å². The maximum Gasteiger partial charge on any atom is 0.227 e. The Morgan fingerprint density at radius 1 is 1.03 bits per heavy atom. The first kappa shape index (κ1) is 20.5. The van der Waals surface area contributed by atoms with Gasteiger partial charge in [-0.05, 0) is 49.2 Å². The highest BCUT2D eigenvalue weighted by atomic mass is 35.5. The molecule has 2 aromatic carbocycles. The van der Waals surface area contributed by atoms with E-state index in [1.807, 2.05) is 35.2 Å². The lowest BCUT2D eigenvalue weighted by Gasteiger charge is -2.39. The Labute approximate surface area is 190 Å². The number of amides is 1. The molecule has 0 bridgehead atoms. The highest BCUT2D eigenvalue weighted by molar-refractivity contribution is 7.22. The number of hydrogen-bond acceptors (Lipinski definition) is 5. The summed E-state index contributed by atoms with van der Waals surface area (Å²) in [5, 5.41) is 1.54. The second kappa shape index (κ2) is 8.63. The molecule has 0 N–H and O–H groups in total. The van der Waals surface area contributed by atoms with Crippen LogP contribution in [0.2, 0.25) is 5.02 Å². The number of fused-ring (bicyclic) bond motifs is 1. The lowest BCUT2D eigenvalue weighted by molar-refractivity contribution is -0.136. The molecule has 162 valence electrons. The molecule has 8 heteroatoms. The van der Waals surface area contributed by atoms with Crippen LogP contribution in [-0.2, 0) is 4.79 Å². The Bertz CT molecular complexity index is 1080. The van der Waals surface area contributed by atoms with E-state index in [2.05, 4.69) is 14.8 Å². The van der Waals surface area contributed by atoms with E-state index in [9.17, 15) is 9.18 Å². The van der Waals surface area contributed by atoms with Gasteiger partial charge in [-0.15, -0.1) is 0 Å². The lowest BCUT2D eigenvalue weighted by Crippen LogP contribution is -2.52. The fraction of sp³-hybridized carbons (Fsp3) is 0.391. The van der Waals surface area contributed by atoms with Crippen LogP contribution in [0.25, 0.3) is 10.2 Å². The van der Waals surface area contributed by atoms with Crippen LogP contribution in [0.1, 0.15) is 12.8 Å². The van der Waals surface area contributed by atoms with Gasteiger partial charge in [0.15, 0.2) is 5.13 Å². The molecule has 3 aromatic rings. The summed E-state index contributed by atoms with van der Waals surface area (Å²) < 4.78 is 14.9. The van der Waals surface area contributed by atoms with Crippen LogP contribution in [0.5, 0.6) is 0 Å². The van der Waals surface area contributed by atoms with Gasteiger partial charge in [0.2, 0.25) is 5.91 Å². The number of hydrogen-bond donors (Lipinski definition) is 0. The fourth-order valence-electron chi connectivity index (χ4n) is 4.49. The minimum atomic E-state index is -0.289. The average Bonchev–Trinajstić information content (AvgIpc) is 3.25. The molecule has 1 atom stereocenters. The summed E-state index contributed by atoms with van der Waals surface area (Å²) in [5.74, 6) is -0.0939. The number of carbonyl (C=O) groups excluding carboxylic acids is 1. The first-order valence-electron chi connectivity index (χ1n) is 10.7. The van der Waals surface area contributed by atoms with Crippen molar-refractivity contribution in [1.82, 2.24) is 9.88 Å². The van der Waals surface area contributed by atoms with Gasteiger partial charge in [-0.25, -0.2) is 9.37 Å². The van der Waals surface area contributed by atoms with Crippen molar-refractivity contribution >= 4 is 49.9 Å². The second-order valence-corrected chi connectivity index (χ2v) is 9.60. The van der Waals surface area contributed by atoms with Gasteiger partial charge in [-0.3, -0.25) is 4.79 Å². The molecule has 31 heavy (non-hydrogen) atoms. The molecule has 2 aliphatic rings. The van der Waals surface area contributed by atoms with E-state index in [1.165, 1.54) is 17.4 Å². The third kappa shape index (κ3) is 4.21. The molecular formula is C23H24ClFN4OS. The number of anilines is 2. The van der Waals surface area contributed by atoms with Gasteiger partial charge in [0.05, 0.1) is 10.6 Å². The highest BCUT2D eigenvalue weighted by Crippen LogP contribution is 2.33. The van der Waals surface area contributed by atoms with Gasteiger partial charge < -0.3 is 14.7 Å². The minimum Gasteiger partial charge on any atom is -0.368 e. The molecule has 5 nitrogen and oxygen atoms in total. The van der Waals surface area contributed by atoms with E-state index in [0.29, 0.717) is 12.1 Å². The van der Waals surface area contributed by atoms with E-state index in [-0.39, 0.29) is 17.6 Å². The van der Waals surface area contributed by atoms with Crippen molar-refractivity contribution in [3.63, 3.8) is 0 Å². The third-order valence-corrected chi connectivity index (χ3v) is 7.52. The monoisotopic (exact) mass is 458 g/mol. The van der Waals surface area contributed by atoms with E-state index in [0.717, 1.165) is 66.1 Å². The molecule has 0 spiro atoms. The van der Waals surface area contributed by atoms with E-state index in [1.54, 1.807) is 6.07 Å². The SMILES string of the molecule is O=C(C1CCCN(c2nc3c(F)cccc3s2)C1)N1CCN(c2ccc(Cl)cc2)CC1. The Morgan fingerprint density at radius 3 is 2.55 bits per heavy atom. The van der Waals surface area contributed by atoms with Crippen LogP contribution in [0.4, 0.5) is 15.2 Å². The van der Waals surface area contributed by atoms with E-state index in [4.69, 9.17) is 11.6 Å². The predicted molar refractivity (Wildman–Crippen MR) is 125 cm³/mol. The predicted octanol–water partition coefficient (Wildman–Crippen LogP) is 4.65. The van der Waals surface area contributed by atoms with Gasteiger partial charge >= 0.3 is 0 Å². The summed E-state index contributed by atoms with van der Waals surface area (Å²) in [6.45, 7) is 4.60. The standard InChI is InChI=1S/C23H24ClFN4OS/c24-17-6-8-18(9-7-17)27-11-13-28(14-12-27)22(30)16-3-2-10-29(15-16)23-26-21-19(25)4-1-5-20(21)31-23/h1,4-9,16H,2-3,10-15H2.